The van der Waals surface area contributed by atoms with Crippen LogP contribution in [0.4, 0.5) is 5.69 Å². The Morgan fingerprint density at radius 2 is 1.59 bits per heavy atom. The molecule has 2 aromatic carbocycles. The largest absolute Gasteiger partial charge is 0.323 e. The number of sulfonamides is 1. The number of hydrogen-bond donors (Lipinski definition) is 3. The third-order valence-corrected chi connectivity index (χ3v) is 5.01. The summed E-state index contributed by atoms with van der Waals surface area (Å²) in [5, 5.41) is 0. The lowest BCUT2D eigenvalue weighted by molar-refractivity contribution is 0.600. The van der Waals surface area contributed by atoms with Crippen molar-refractivity contribution in [2.24, 2.45) is 0 Å². The van der Waals surface area contributed by atoms with E-state index < -0.39 is 10.0 Å². The highest BCUT2D eigenvalue weighted by Crippen LogP contribution is 2.24. The van der Waals surface area contributed by atoms with Gasteiger partial charge in [-0.05, 0) is 43.2 Å². The molecule has 0 unspecified atom stereocenters. The molecule has 0 saturated carbocycles. The van der Waals surface area contributed by atoms with Crippen LogP contribution in [0.5, 0.6) is 0 Å². The maximum Gasteiger partial charge on any atom is 0.323 e. The second kappa shape index (κ2) is 5.03. The summed E-state index contributed by atoms with van der Waals surface area (Å²) < 4.78 is 27.6. The molecule has 0 spiro atoms. The van der Waals surface area contributed by atoms with Crippen LogP contribution < -0.4 is 10.4 Å². The van der Waals surface area contributed by atoms with Gasteiger partial charge >= 0.3 is 5.69 Å². The van der Waals surface area contributed by atoms with Gasteiger partial charge in [0.25, 0.3) is 10.0 Å². The van der Waals surface area contributed by atoms with E-state index in [4.69, 9.17) is 0 Å². The van der Waals surface area contributed by atoms with Gasteiger partial charge in [-0.15, -0.1) is 0 Å². The number of fused-ring (bicyclic) bond motifs is 1. The molecule has 0 radical (unpaired) electrons. The van der Waals surface area contributed by atoms with Gasteiger partial charge in [0.15, 0.2) is 0 Å². The molecular weight excluding hydrogens is 302 g/mol. The van der Waals surface area contributed by atoms with E-state index >= 15 is 0 Å². The fourth-order valence-corrected chi connectivity index (χ4v) is 3.73. The zero-order valence-corrected chi connectivity index (χ0v) is 12.9. The Bertz CT molecular complexity index is 1020. The molecule has 0 bridgehead atoms. The maximum atomic E-state index is 12.5. The van der Waals surface area contributed by atoms with Gasteiger partial charge in [-0.2, -0.15) is 0 Å². The molecule has 0 saturated heterocycles. The molecular formula is C15H15N3O3S. The van der Waals surface area contributed by atoms with Gasteiger partial charge in [-0.3, -0.25) is 4.72 Å². The van der Waals surface area contributed by atoms with Crippen molar-refractivity contribution in [2.45, 2.75) is 18.7 Å². The Morgan fingerprint density at radius 1 is 0.955 bits per heavy atom. The predicted molar refractivity (Wildman–Crippen MR) is 85.6 cm³/mol. The Hall–Kier alpha value is -2.54. The number of benzene rings is 2. The van der Waals surface area contributed by atoms with Gasteiger partial charge in [-0.1, -0.05) is 18.2 Å². The van der Waals surface area contributed by atoms with Crippen molar-refractivity contribution in [2.75, 3.05) is 4.72 Å². The first kappa shape index (κ1) is 14.4. The van der Waals surface area contributed by atoms with E-state index in [1.165, 1.54) is 0 Å². The quantitative estimate of drug-likeness (QED) is 0.691. The summed E-state index contributed by atoms with van der Waals surface area (Å²) in [7, 11) is -3.68. The molecule has 114 valence electrons. The zero-order valence-electron chi connectivity index (χ0n) is 12.1. The average molecular weight is 317 g/mol. The summed E-state index contributed by atoms with van der Waals surface area (Å²) in [5.41, 5.74) is 2.70. The highest BCUT2D eigenvalue weighted by Gasteiger charge is 2.17. The minimum Gasteiger partial charge on any atom is -0.306 e. The zero-order chi connectivity index (χ0) is 15.9. The smallest absolute Gasteiger partial charge is 0.306 e. The molecule has 0 aliphatic carbocycles. The van der Waals surface area contributed by atoms with Crippen molar-refractivity contribution in [3.8, 4) is 0 Å². The summed E-state index contributed by atoms with van der Waals surface area (Å²) in [4.78, 5) is 16.8. The molecule has 7 heteroatoms. The first-order valence-electron chi connectivity index (χ1n) is 6.68. The lowest BCUT2D eigenvalue weighted by Crippen LogP contribution is -2.14. The lowest BCUT2D eigenvalue weighted by Gasteiger charge is -2.12. The molecule has 1 heterocycles. The summed E-state index contributed by atoms with van der Waals surface area (Å²) in [6.45, 7) is 3.52. The van der Waals surface area contributed by atoms with Crippen molar-refractivity contribution in [1.29, 1.82) is 0 Å². The number of H-pyrrole nitrogens is 2. The van der Waals surface area contributed by atoms with E-state index in [9.17, 15) is 13.2 Å². The van der Waals surface area contributed by atoms with Crippen molar-refractivity contribution in [1.82, 2.24) is 9.97 Å². The first-order valence-corrected chi connectivity index (χ1v) is 8.16. The molecule has 22 heavy (non-hydrogen) atoms. The number of rotatable bonds is 3. The van der Waals surface area contributed by atoms with Gasteiger partial charge < -0.3 is 9.97 Å². The topological polar surface area (TPSA) is 94.8 Å². The molecule has 0 aliphatic rings. The van der Waals surface area contributed by atoms with Gasteiger partial charge in [0.05, 0.1) is 21.6 Å². The van der Waals surface area contributed by atoms with E-state index in [2.05, 4.69) is 14.7 Å². The summed E-state index contributed by atoms with van der Waals surface area (Å²) in [6, 6.07) is 10.1. The van der Waals surface area contributed by atoms with Crippen molar-refractivity contribution < 1.29 is 8.42 Å². The van der Waals surface area contributed by atoms with E-state index in [1.807, 2.05) is 0 Å². The third kappa shape index (κ3) is 2.50. The monoisotopic (exact) mass is 317 g/mol. The maximum absolute atomic E-state index is 12.5. The number of aromatic nitrogens is 2. The van der Waals surface area contributed by atoms with Crippen LogP contribution in [0.1, 0.15) is 11.1 Å². The highest BCUT2D eigenvalue weighted by molar-refractivity contribution is 7.92. The van der Waals surface area contributed by atoms with Crippen LogP contribution in [0.25, 0.3) is 11.0 Å². The van der Waals surface area contributed by atoms with Crippen LogP contribution in [0.3, 0.4) is 0 Å². The molecule has 0 amide bonds. The second-order valence-electron chi connectivity index (χ2n) is 5.16. The second-order valence-corrected chi connectivity index (χ2v) is 6.81. The van der Waals surface area contributed by atoms with E-state index in [-0.39, 0.29) is 10.6 Å². The Morgan fingerprint density at radius 3 is 2.27 bits per heavy atom. The van der Waals surface area contributed by atoms with Gasteiger partial charge in [0.1, 0.15) is 0 Å². The third-order valence-electron chi connectivity index (χ3n) is 3.49. The van der Waals surface area contributed by atoms with Crippen LogP contribution in [0, 0.1) is 13.8 Å². The predicted octanol–water partition coefficient (Wildman–Crippen LogP) is 2.27. The van der Waals surface area contributed by atoms with Crippen LogP contribution in [-0.2, 0) is 10.0 Å². The number of imidazole rings is 1. The minimum absolute atomic E-state index is 0.233. The minimum atomic E-state index is -3.68. The van der Waals surface area contributed by atoms with Gasteiger partial charge in [0, 0.05) is 0 Å². The molecule has 0 fully saturated rings. The van der Waals surface area contributed by atoms with Gasteiger partial charge in [0.2, 0.25) is 0 Å². The van der Waals surface area contributed by atoms with Crippen molar-refractivity contribution in [3.63, 3.8) is 0 Å². The normalized spacial score (nSPS) is 11.7. The number of aryl methyl sites for hydroxylation is 2. The summed E-state index contributed by atoms with van der Waals surface area (Å²) in [6.07, 6.45) is 0. The van der Waals surface area contributed by atoms with Gasteiger partial charge in [-0.25, -0.2) is 13.2 Å². The standard InChI is InChI=1S/C15H15N3O3S/c1-9-5-3-4-6-14(9)22(20,21)18-11-8-13-12(7-10(11)2)16-15(19)17-13/h3-8,18H,1-2H3,(H2,16,17,19). The Kier molecular flexibility index (Phi) is 3.29. The van der Waals surface area contributed by atoms with E-state index in [0.29, 0.717) is 22.3 Å². The Labute approximate surface area is 127 Å². The number of hydrogen-bond acceptors (Lipinski definition) is 3. The number of aromatic amines is 2. The van der Waals surface area contributed by atoms with E-state index in [0.717, 1.165) is 5.56 Å². The fraction of sp³-hybridized carbons (Fsp3) is 0.133. The molecule has 0 atom stereocenters. The molecule has 6 nitrogen and oxygen atoms in total. The molecule has 0 aliphatic heterocycles. The van der Waals surface area contributed by atoms with Crippen LogP contribution in [-0.4, -0.2) is 18.4 Å². The average Bonchev–Trinajstić information content (AvgIpc) is 2.78. The molecule has 3 aromatic rings. The summed E-state index contributed by atoms with van der Waals surface area (Å²) in [5.74, 6) is 0. The highest BCUT2D eigenvalue weighted by atomic mass is 32.2. The van der Waals surface area contributed by atoms with Crippen LogP contribution in [0.15, 0.2) is 46.1 Å². The molecule has 3 rings (SSSR count). The molecule has 1 aromatic heterocycles. The summed E-state index contributed by atoms with van der Waals surface area (Å²) >= 11 is 0. The van der Waals surface area contributed by atoms with E-state index in [1.54, 1.807) is 50.2 Å². The van der Waals surface area contributed by atoms with Crippen molar-refractivity contribution in [3.05, 3.63) is 58.0 Å². The fourth-order valence-electron chi connectivity index (χ4n) is 2.36. The number of nitrogens with one attached hydrogen (secondary N) is 3. The molecule has 3 N–H and O–H groups in total. The van der Waals surface area contributed by atoms with Crippen LogP contribution >= 0.6 is 0 Å². The SMILES string of the molecule is Cc1cc2[nH]c(=O)[nH]c2cc1NS(=O)(=O)c1ccccc1C. The van der Waals surface area contributed by atoms with Crippen molar-refractivity contribution >= 4 is 26.7 Å². The number of anilines is 1. The first-order chi connectivity index (χ1) is 10.4. The van der Waals surface area contributed by atoms with Crippen LogP contribution in [0.2, 0.25) is 0 Å². The Balaban J connectivity index is 2.07. The lowest BCUT2D eigenvalue weighted by atomic mass is 10.2.